The normalized spacial score (nSPS) is 18.7. The van der Waals surface area contributed by atoms with Crippen LogP contribution in [-0.2, 0) is 17.8 Å². The summed E-state index contributed by atoms with van der Waals surface area (Å²) in [6, 6.07) is 14.1. The largest absolute Gasteiger partial charge is 0.341 e. The van der Waals surface area contributed by atoms with Gasteiger partial charge in [0.1, 0.15) is 5.82 Å². The molecule has 2 heterocycles. The van der Waals surface area contributed by atoms with Gasteiger partial charge in [0.15, 0.2) is 0 Å². The Hall–Kier alpha value is -1.91. The van der Waals surface area contributed by atoms with E-state index >= 15 is 0 Å². The Morgan fingerprint density at radius 3 is 2.20 bits per heavy atom. The van der Waals surface area contributed by atoms with Crippen LogP contribution >= 0.6 is 11.6 Å². The summed E-state index contributed by atoms with van der Waals surface area (Å²) < 4.78 is 12.9. The molecule has 5 heteroatoms. The van der Waals surface area contributed by atoms with Gasteiger partial charge in [-0.25, -0.2) is 4.39 Å². The maximum atomic E-state index is 12.9. The highest BCUT2D eigenvalue weighted by Crippen LogP contribution is 2.40. The van der Waals surface area contributed by atoms with Gasteiger partial charge in [0.2, 0.25) is 5.91 Å². The third-order valence-electron chi connectivity index (χ3n) is 5.11. The van der Waals surface area contributed by atoms with Crippen molar-refractivity contribution in [2.75, 3.05) is 26.2 Å². The summed E-state index contributed by atoms with van der Waals surface area (Å²) in [5.41, 5.74) is 2.41. The number of benzene rings is 2. The predicted octanol–water partition coefficient (Wildman–Crippen LogP) is 3.37. The molecule has 2 fully saturated rings. The van der Waals surface area contributed by atoms with Crippen LogP contribution < -0.4 is 0 Å². The molecule has 4 rings (SSSR count). The molecule has 0 atom stereocenters. The van der Waals surface area contributed by atoms with E-state index in [1.54, 1.807) is 0 Å². The number of halogens is 2. The zero-order chi connectivity index (χ0) is 17.4. The molecular weight excluding hydrogens is 339 g/mol. The molecule has 1 amide bonds. The maximum Gasteiger partial charge on any atom is 0.227 e. The molecule has 130 valence electrons. The first-order chi connectivity index (χ1) is 12.0. The molecule has 0 radical (unpaired) electrons. The highest BCUT2D eigenvalue weighted by molar-refractivity contribution is 6.30. The summed E-state index contributed by atoms with van der Waals surface area (Å²) >= 11 is 5.87. The number of amides is 1. The van der Waals surface area contributed by atoms with E-state index in [1.807, 2.05) is 41.3 Å². The fraction of sp³-hybridized carbons (Fsp3) is 0.350. The SMILES string of the molecule is O=C(Cc1ccc(Cl)cc1)N1CC2(CN(Cc3ccc(F)cc3)C2)C1. The van der Waals surface area contributed by atoms with Crippen molar-refractivity contribution in [3.8, 4) is 0 Å². The van der Waals surface area contributed by atoms with Crippen LogP contribution in [0.2, 0.25) is 5.02 Å². The molecule has 0 N–H and O–H groups in total. The third-order valence-corrected chi connectivity index (χ3v) is 5.36. The van der Waals surface area contributed by atoms with Gasteiger partial charge in [0.05, 0.1) is 6.42 Å². The molecule has 25 heavy (non-hydrogen) atoms. The molecule has 2 aromatic carbocycles. The molecule has 2 saturated heterocycles. The number of carbonyl (C=O) groups is 1. The van der Waals surface area contributed by atoms with Crippen LogP contribution in [0.1, 0.15) is 11.1 Å². The zero-order valence-electron chi connectivity index (χ0n) is 13.9. The first-order valence-electron chi connectivity index (χ1n) is 8.50. The number of rotatable bonds is 4. The van der Waals surface area contributed by atoms with E-state index in [4.69, 9.17) is 11.6 Å². The third kappa shape index (κ3) is 3.55. The van der Waals surface area contributed by atoms with Crippen LogP contribution in [0, 0.1) is 11.2 Å². The molecule has 2 aliphatic heterocycles. The van der Waals surface area contributed by atoms with Crippen LogP contribution in [0.15, 0.2) is 48.5 Å². The van der Waals surface area contributed by atoms with Crippen LogP contribution in [0.5, 0.6) is 0 Å². The molecule has 0 saturated carbocycles. The standard InChI is InChI=1S/C20H20ClFN2O/c21-17-5-1-15(2-6-17)9-19(25)24-13-20(14-24)11-23(12-20)10-16-3-7-18(22)8-4-16/h1-8H,9-14H2. The number of nitrogens with zero attached hydrogens (tertiary/aromatic N) is 2. The average molecular weight is 359 g/mol. The van der Waals surface area contributed by atoms with E-state index < -0.39 is 0 Å². The fourth-order valence-corrected chi connectivity index (χ4v) is 4.02. The van der Waals surface area contributed by atoms with Crippen LogP contribution in [-0.4, -0.2) is 41.9 Å². The van der Waals surface area contributed by atoms with E-state index in [1.165, 1.54) is 12.1 Å². The van der Waals surface area contributed by atoms with E-state index in [0.717, 1.165) is 43.9 Å². The van der Waals surface area contributed by atoms with Crippen molar-refractivity contribution < 1.29 is 9.18 Å². The smallest absolute Gasteiger partial charge is 0.227 e. The summed E-state index contributed by atoms with van der Waals surface area (Å²) in [5.74, 6) is -0.0115. The number of likely N-dealkylation sites (tertiary alicyclic amines) is 2. The van der Waals surface area contributed by atoms with Gasteiger partial charge < -0.3 is 4.90 Å². The quantitative estimate of drug-likeness (QED) is 0.836. The minimum Gasteiger partial charge on any atom is -0.341 e. The van der Waals surface area contributed by atoms with Gasteiger partial charge in [0, 0.05) is 43.2 Å². The molecule has 0 aliphatic carbocycles. The number of hydrogen-bond acceptors (Lipinski definition) is 2. The average Bonchev–Trinajstić information content (AvgIpc) is 2.52. The highest BCUT2D eigenvalue weighted by Gasteiger charge is 2.52. The highest BCUT2D eigenvalue weighted by atomic mass is 35.5. The Labute approximate surface area is 152 Å². The molecule has 1 spiro atoms. The van der Waals surface area contributed by atoms with Gasteiger partial charge in [-0.05, 0) is 35.4 Å². The van der Waals surface area contributed by atoms with Crippen LogP contribution in [0.3, 0.4) is 0 Å². The second-order valence-corrected chi connectivity index (χ2v) is 7.76. The first kappa shape index (κ1) is 16.6. The maximum absolute atomic E-state index is 12.9. The molecule has 3 nitrogen and oxygen atoms in total. The van der Waals surface area contributed by atoms with E-state index in [2.05, 4.69) is 4.90 Å². The molecule has 0 aromatic heterocycles. The number of hydrogen-bond donors (Lipinski definition) is 0. The van der Waals surface area contributed by atoms with Gasteiger partial charge in [-0.1, -0.05) is 35.9 Å². The lowest BCUT2D eigenvalue weighted by Crippen LogP contribution is -2.72. The topological polar surface area (TPSA) is 23.6 Å². The lowest BCUT2D eigenvalue weighted by Gasteiger charge is -2.60. The summed E-state index contributed by atoms with van der Waals surface area (Å²) in [7, 11) is 0. The molecule has 0 unspecified atom stereocenters. The van der Waals surface area contributed by atoms with E-state index in [0.29, 0.717) is 11.4 Å². The zero-order valence-corrected chi connectivity index (χ0v) is 14.7. The monoisotopic (exact) mass is 358 g/mol. The molecule has 2 aliphatic rings. The van der Waals surface area contributed by atoms with Gasteiger partial charge in [0.25, 0.3) is 0 Å². The van der Waals surface area contributed by atoms with Crippen molar-refractivity contribution in [1.29, 1.82) is 0 Å². The van der Waals surface area contributed by atoms with Crippen molar-refractivity contribution in [3.63, 3.8) is 0 Å². The lowest BCUT2D eigenvalue weighted by atomic mass is 9.72. The Balaban J connectivity index is 1.23. The van der Waals surface area contributed by atoms with Crippen LogP contribution in [0.25, 0.3) is 0 Å². The second-order valence-electron chi connectivity index (χ2n) is 7.32. The lowest BCUT2D eigenvalue weighted by molar-refractivity contribution is -0.159. The molecular formula is C20H20ClFN2O. The fourth-order valence-electron chi connectivity index (χ4n) is 3.89. The van der Waals surface area contributed by atoms with Gasteiger partial charge in [-0.2, -0.15) is 0 Å². The summed E-state index contributed by atoms with van der Waals surface area (Å²) in [6.45, 7) is 4.56. The van der Waals surface area contributed by atoms with Crippen molar-refractivity contribution in [2.24, 2.45) is 5.41 Å². The van der Waals surface area contributed by atoms with Crippen molar-refractivity contribution in [2.45, 2.75) is 13.0 Å². The Morgan fingerprint density at radius 2 is 1.56 bits per heavy atom. The van der Waals surface area contributed by atoms with Gasteiger partial charge in [-0.15, -0.1) is 0 Å². The summed E-state index contributed by atoms with van der Waals surface area (Å²) in [6.07, 6.45) is 0.437. The van der Waals surface area contributed by atoms with Crippen LogP contribution in [0.4, 0.5) is 4.39 Å². The van der Waals surface area contributed by atoms with E-state index in [-0.39, 0.29) is 17.1 Å². The summed E-state index contributed by atoms with van der Waals surface area (Å²) in [4.78, 5) is 16.7. The van der Waals surface area contributed by atoms with E-state index in [9.17, 15) is 9.18 Å². The Morgan fingerprint density at radius 1 is 0.960 bits per heavy atom. The van der Waals surface area contributed by atoms with Crippen molar-refractivity contribution in [1.82, 2.24) is 9.80 Å². The predicted molar refractivity (Wildman–Crippen MR) is 95.8 cm³/mol. The minimum atomic E-state index is -0.197. The Bertz CT molecular complexity index is 761. The van der Waals surface area contributed by atoms with Gasteiger partial charge >= 0.3 is 0 Å². The first-order valence-corrected chi connectivity index (χ1v) is 8.88. The summed E-state index contributed by atoms with van der Waals surface area (Å²) in [5, 5.41) is 0.690. The minimum absolute atomic E-state index is 0.185. The number of carbonyl (C=O) groups excluding carboxylic acids is 1. The van der Waals surface area contributed by atoms with Crippen molar-refractivity contribution in [3.05, 3.63) is 70.5 Å². The van der Waals surface area contributed by atoms with Crippen molar-refractivity contribution >= 4 is 17.5 Å². The second kappa shape index (κ2) is 6.43. The molecule has 2 aromatic rings. The van der Waals surface area contributed by atoms with Gasteiger partial charge in [-0.3, -0.25) is 9.69 Å². The molecule has 0 bridgehead atoms. The Kier molecular flexibility index (Phi) is 4.26.